The van der Waals surface area contributed by atoms with Crippen molar-refractivity contribution in [3.05, 3.63) is 92.0 Å². The van der Waals surface area contributed by atoms with Crippen LogP contribution in [0.1, 0.15) is 34.5 Å². The third kappa shape index (κ3) is 4.86. The fourth-order valence-electron chi connectivity index (χ4n) is 3.25. The van der Waals surface area contributed by atoms with Crippen LogP contribution in [0.15, 0.2) is 58.1 Å². The van der Waals surface area contributed by atoms with Gasteiger partial charge < -0.3 is 5.32 Å². The van der Waals surface area contributed by atoms with Crippen molar-refractivity contribution in [2.24, 2.45) is 5.92 Å². The van der Waals surface area contributed by atoms with Gasteiger partial charge in [0, 0.05) is 6.54 Å². The fourth-order valence-corrected chi connectivity index (χ4v) is 3.25. The number of para-hydroxylation sites is 1. The molecule has 1 aliphatic carbocycles. The number of halogens is 4. The summed E-state index contributed by atoms with van der Waals surface area (Å²) in [7, 11) is 0. The summed E-state index contributed by atoms with van der Waals surface area (Å²) >= 11 is 0. The van der Waals surface area contributed by atoms with Crippen molar-refractivity contribution in [3.8, 4) is 5.69 Å². The van der Waals surface area contributed by atoms with Crippen LogP contribution in [-0.2, 0) is 12.7 Å². The Labute approximate surface area is 184 Å². The molecule has 1 aromatic heterocycles. The normalized spacial score (nSPS) is 13.7. The van der Waals surface area contributed by atoms with Gasteiger partial charge in [0.1, 0.15) is 11.5 Å². The number of rotatable bonds is 6. The van der Waals surface area contributed by atoms with Crippen LogP contribution >= 0.6 is 0 Å². The van der Waals surface area contributed by atoms with Gasteiger partial charge in [-0.25, -0.2) is 9.18 Å². The van der Waals surface area contributed by atoms with E-state index in [1.165, 1.54) is 24.3 Å². The molecule has 33 heavy (non-hydrogen) atoms. The Hall–Kier alpha value is -3.76. The van der Waals surface area contributed by atoms with Gasteiger partial charge in [-0.15, -0.1) is 0 Å². The predicted octanol–water partition coefficient (Wildman–Crippen LogP) is 2.74. The number of nitrogens with zero attached hydrogens (tertiary/aromatic N) is 3. The fraction of sp³-hybridized carbons (Fsp3) is 0.273. The topological polar surface area (TPSA) is 86.0 Å². The lowest BCUT2D eigenvalue weighted by molar-refractivity contribution is -0.137. The summed E-state index contributed by atoms with van der Waals surface area (Å²) in [6.45, 7) is -0.256. The highest BCUT2D eigenvalue weighted by Crippen LogP contribution is 2.29. The first kappa shape index (κ1) is 22.4. The van der Waals surface area contributed by atoms with E-state index in [0.717, 1.165) is 37.1 Å². The van der Waals surface area contributed by atoms with Gasteiger partial charge in [0.05, 0.1) is 12.1 Å². The Balaban J connectivity index is 1.83. The molecular weight excluding hydrogens is 444 g/mol. The van der Waals surface area contributed by atoms with Gasteiger partial charge in [-0.2, -0.15) is 23.0 Å². The number of carbonyl (C=O) groups excluding carboxylic acids is 1. The second-order valence-corrected chi connectivity index (χ2v) is 7.74. The molecule has 0 spiro atoms. The minimum atomic E-state index is -4.62. The molecule has 0 aliphatic heterocycles. The van der Waals surface area contributed by atoms with Crippen molar-refractivity contribution in [1.82, 2.24) is 19.7 Å². The first-order chi connectivity index (χ1) is 15.6. The summed E-state index contributed by atoms with van der Waals surface area (Å²) in [5, 5.41) is 6.36. The lowest BCUT2D eigenvalue weighted by atomic mass is 10.1. The minimum absolute atomic E-state index is 0.000327. The zero-order valence-electron chi connectivity index (χ0n) is 17.1. The maximum absolute atomic E-state index is 14.4. The van der Waals surface area contributed by atoms with Gasteiger partial charge >= 0.3 is 11.9 Å². The van der Waals surface area contributed by atoms with Crippen molar-refractivity contribution in [2.45, 2.75) is 25.6 Å². The number of hydrogen-bond acceptors (Lipinski definition) is 4. The quantitative estimate of drug-likeness (QED) is 0.571. The van der Waals surface area contributed by atoms with Crippen molar-refractivity contribution < 1.29 is 22.4 Å². The minimum Gasteiger partial charge on any atom is -0.350 e. The molecule has 172 valence electrons. The highest BCUT2D eigenvalue weighted by molar-refractivity contribution is 5.91. The molecule has 1 amide bonds. The van der Waals surface area contributed by atoms with E-state index in [2.05, 4.69) is 10.4 Å². The average Bonchev–Trinajstić information content (AvgIpc) is 3.60. The number of hydrogen-bond donors (Lipinski definition) is 1. The molecule has 1 fully saturated rings. The maximum Gasteiger partial charge on any atom is 0.416 e. The number of nitrogens with one attached hydrogen (secondary N) is 1. The summed E-state index contributed by atoms with van der Waals surface area (Å²) in [5.74, 6) is -1.39. The van der Waals surface area contributed by atoms with Gasteiger partial charge in [0.15, 0.2) is 0 Å². The second kappa shape index (κ2) is 8.64. The third-order valence-corrected chi connectivity index (χ3v) is 5.20. The molecule has 1 saturated carbocycles. The van der Waals surface area contributed by atoms with Crippen molar-refractivity contribution >= 4 is 5.91 Å². The first-order valence-electron chi connectivity index (χ1n) is 10.1. The van der Waals surface area contributed by atoms with Crippen LogP contribution in [0.25, 0.3) is 5.69 Å². The van der Waals surface area contributed by atoms with Crippen LogP contribution in [0.2, 0.25) is 0 Å². The zero-order chi connectivity index (χ0) is 23.8. The summed E-state index contributed by atoms with van der Waals surface area (Å²) in [6, 6.07) is 9.21. The van der Waals surface area contributed by atoms with E-state index in [0.29, 0.717) is 21.7 Å². The van der Waals surface area contributed by atoms with Crippen molar-refractivity contribution in [1.29, 1.82) is 0 Å². The van der Waals surface area contributed by atoms with Gasteiger partial charge in [-0.1, -0.05) is 24.3 Å². The summed E-state index contributed by atoms with van der Waals surface area (Å²) in [5.41, 5.74) is -4.11. The summed E-state index contributed by atoms with van der Waals surface area (Å²) in [4.78, 5) is 38.6. The van der Waals surface area contributed by atoms with E-state index in [-0.39, 0.29) is 11.3 Å². The molecule has 0 bridgehead atoms. The largest absolute Gasteiger partial charge is 0.416 e. The lowest BCUT2D eigenvalue weighted by Crippen LogP contribution is -2.46. The molecule has 0 radical (unpaired) electrons. The Kier molecular flexibility index (Phi) is 5.88. The second-order valence-electron chi connectivity index (χ2n) is 7.74. The van der Waals surface area contributed by atoms with E-state index < -0.39 is 47.0 Å². The molecule has 1 N–H and O–H groups in total. The molecule has 2 aromatic carbocycles. The van der Waals surface area contributed by atoms with E-state index in [1.54, 1.807) is 0 Å². The Morgan fingerprint density at radius 1 is 1.09 bits per heavy atom. The van der Waals surface area contributed by atoms with Crippen molar-refractivity contribution in [2.75, 3.05) is 6.54 Å². The van der Waals surface area contributed by atoms with Gasteiger partial charge in [-0.3, -0.25) is 14.2 Å². The van der Waals surface area contributed by atoms with Gasteiger partial charge in [0.25, 0.3) is 11.5 Å². The maximum atomic E-state index is 14.4. The molecular formula is C22H18F4N4O3. The zero-order valence-corrected chi connectivity index (χ0v) is 17.1. The number of amides is 1. The Morgan fingerprint density at radius 3 is 2.48 bits per heavy atom. The van der Waals surface area contributed by atoms with Gasteiger partial charge in [-0.05, 0) is 48.6 Å². The molecule has 11 heteroatoms. The van der Waals surface area contributed by atoms with E-state index >= 15 is 0 Å². The molecule has 4 rings (SSSR count). The summed E-state index contributed by atoms with van der Waals surface area (Å²) < 4.78 is 54.8. The average molecular weight is 462 g/mol. The van der Waals surface area contributed by atoms with E-state index in [4.69, 9.17) is 0 Å². The first-order valence-corrected chi connectivity index (χ1v) is 10.1. The molecule has 3 aromatic rings. The third-order valence-electron chi connectivity index (χ3n) is 5.20. The molecule has 0 saturated heterocycles. The van der Waals surface area contributed by atoms with Crippen LogP contribution in [-0.4, -0.2) is 26.8 Å². The van der Waals surface area contributed by atoms with E-state index in [9.17, 15) is 31.9 Å². The highest BCUT2D eigenvalue weighted by Gasteiger charge is 2.31. The molecule has 1 aliphatic rings. The highest BCUT2D eigenvalue weighted by atomic mass is 19.4. The SMILES string of the molecule is O=C(NCC1CC1)c1nn(-c2ccccc2F)c(=O)n(Cc2cccc(C(F)(F)F)c2)c1=O. The van der Waals surface area contributed by atoms with Crippen LogP contribution < -0.4 is 16.6 Å². The molecule has 0 unspecified atom stereocenters. The predicted molar refractivity (Wildman–Crippen MR) is 110 cm³/mol. The number of carbonyl (C=O) groups is 1. The van der Waals surface area contributed by atoms with Gasteiger partial charge in [0.2, 0.25) is 5.69 Å². The monoisotopic (exact) mass is 462 g/mol. The number of aromatic nitrogens is 3. The Morgan fingerprint density at radius 2 is 1.82 bits per heavy atom. The number of alkyl halides is 3. The standard InChI is InChI=1S/C22H18F4N4O3/c23-16-6-1-2-7-17(16)30-21(33)29(12-14-4-3-5-15(10-14)22(24,25)26)20(32)18(28-30)19(31)27-11-13-8-9-13/h1-7,10,13H,8-9,11-12H2,(H,27,31). The number of benzene rings is 2. The lowest BCUT2D eigenvalue weighted by Gasteiger charge is -2.13. The molecule has 0 atom stereocenters. The smallest absolute Gasteiger partial charge is 0.350 e. The van der Waals surface area contributed by atoms with E-state index in [1.807, 2.05) is 0 Å². The summed E-state index contributed by atoms with van der Waals surface area (Å²) in [6.07, 6.45) is -2.76. The molecule has 7 nitrogen and oxygen atoms in total. The van der Waals surface area contributed by atoms with Crippen LogP contribution in [0, 0.1) is 11.7 Å². The van der Waals surface area contributed by atoms with Crippen LogP contribution in [0.4, 0.5) is 17.6 Å². The molecule has 1 heterocycles. The van der Waals surface area contributed by atoms with Crippen molar-refractivity contribution in [3.63, 3.8) is 0 Å². The van der Waals surface area contributed by atoms with Crippen LogP contribution in [0.5, 0.6) is 0 Å². The van der Waals surface area contributed by atoms with Crippen LogP contribution in [0.3, 0.4) is 0 Å². The Bertz CT molecular complexity index is 1330.